The van der Waals surface area contributed by atoms with Crippen molar-refractivity contribution in [2.75, 3.05) is 0 Å². The van der Waals surface area contributed by atoms with Crippen molar-refractivity contribution in [1.29, 1.82) is 0 Å². The molecule has 0 aliphatic heterocycles. The fourth-order valence-corrected chi connectivity index (χ4v) is 3.21. The summed E-state index contributed by atoms with van der Waals surface area (Å²) in [5.41, 5.74) is 11.1. The minimum absolute atomic E-state index is 0.181. The Balaban J connectivity index is 0.000000136. The maximum Gasteiger partial charge on any atom is 0.105 e. The maximum absolute atomic E-state index is 8.69. The third-order valence-electron chi connectivity index (χ3n) is 4.38. The lowest BCUT2D eigenvalue weighted by atomic mass is 9.93. The highest BCUT2D eigenvalue weighted by atomic mass is 16.4. The monoisotopic (exact) mass is 310 g/mol. The molecule has 0 saturated heterocycles. The third-order valence-corrected chi connectivity index (χ3v) is 4.38. The number of pyridine rings is 2. The lowest BCUT2D eigenvalue weighted by Gasteiger charge is -2.19. The Hall–Kier alpha value is -2.27. The fraction of sp³-hybridized carbons (Fsp3) is 0.389. The molecule has 3 N–H and O–H groups in total. The molecule has 0 saturated carbocycles. The number of oxime groups is 1. The van der Waals surface area contributed by atoms with Crippen LogP contribution in [0.2, 0.25) is 0 Å². The van der Waals surface area contributed by atoms with Crippen molar-refractivity contribution in [2.24, 2.45) is 10.9 Å². The lowest BCUT2D eigenvalue weighted by Crippen LogP contribution is -2.18. The minimum Gasteiger partial charge on any atom is -0.411 e. The van der Waals surface area contributed by atoms with E-state index in [1.807, 2.05) is 24.4 Å². The van der Waals surface area contributed by atoms with Crippen LogP contribution in [-0.4, -0.2) is 20.9 Å². The van der Waals surface area contributed by atoms with Crippen molar-refractivity contribution in [1.82, 2.24) is 9.97 Å². The molecule has 2 aliphatic rings. The van der Waals surface area contributed by atoms with Crippen LogP contribution in [0, 0.1) is 0 Å². The summed E-state index contributed by atoms with van der Waals surface area (Å²) in [7, 11) is 0. The molecule has 5 heteroatoms. The maximum atomic E-state index is 8.69. The fourth-order valence-electron chi connectivity index (χ4n) is 3.21. The van der Waals surface area contributed by atoms with E-state index in [-0.39, 0.29) is 6.04 Å². The standard InChI is InChI=1S/C9H10N2O.C9H12N2/c12-11-8-5-1-3-7-4-2-6-10-9(7)8;10-8-5-1-3-7-4-2-6-11-9(7)8/h2,4,6,12H,1,3,5H2;2,4,6,8H,1,3,5,10H2. The molecule has 2 aliphatic carbocycles. The molecule has 2 heterocycles. The number of rotatable bonds is 0. The SMILES string of the molecule is NC1CCCc2cccnc21.ON=C1CCCc2cccnc21. The first-order valence-electron chi connectivity index (χ1n) is 8.14. The van der Waals surface area contributed by atoms with Crippen LogP contribution in [0.5, 0.6) is 0 Å². The van der Waals surface area contributed by atoms with Gasteiger partial charge in [0.05, 0.1) is 11.4 Å². The van der Waals surface area contributed by atoms with Crippen molar-refractivity contribution in [3.8, 4) is 0 Å². The summed E-state index contributed by atoms with van der Waals surface area (Å²) >= 11 is 0. The Morgan fingerprint density at radius 2 is 1.74 bits per heavy atom. The van der Waals surface area contributed by atoms with Crippen molar-refractivity contribution in [2.45, 2.75) is 44.6 Å². The van der Waals surface area contributed by atoms with Gasteiger partial charge in [-0.25, -0.2) is 0 Å². The quantitative estimate of drug-likeness (QED) is 0.578. The van der Waals surface area contributed by atoms with Gasteiger partial charge in [-0.3, -0.25) is 9.97 Å². The smallest absolute Gasteiger partial charge is 0.105 e. The van der Waals surface area contributed by atoms with Crippen LogP contribution in [0.4, 0.5) is 0 Å². The minimum atomic E-state index is 0.181. The average molecular weight is 310 g/mol. The molecule has 0 radical (unpaired) electrons. The van der Waals surface area contributed by atoms with Gasteiger partial charge in [-0.15, -0.1) is 0 Å². The van der Waals surface area contributed by atoms with E-state index in [1.54, 1.807) is 6.20 Å². The molecule has 0 fully saturated rings. The number of aromatic nitrogens is 2. The molecule has 120 valence electrons. The van der Waals surface area contributed by atoms with Gasteiger partial charge in [-0.2, -0.15) is 0 Å². The van der Waals surface area contributed by atoms with E-state index in [4.69, 9.17) is 10.9 Å². The predicted octanol–water partition coefficient (Wildman–Crippen LogP) is 3.01. The topological polar surface area (TPSA) is 84.4 Å². The summed E-state index contributed by atoms with van der Waals surface area (Å²) in [5, 5.41) is 11.9. The Morgan fingerprint density at radius 3 is 2.52 bits per heavy atom. The van der Waals surface area contributed by atoms with Gasteiger partial charge in [0, 0.05) is 18.4 Å². The Labute approximate surface area is 136 Å². The summed E-state index contributed by atoms with van der Waals surface area (Å²) in [5.74, 6) is 0. The first-order chi connectivity index (χ1) is 11.3. The van der Waals surface area contributed by atoms with Crippen LogP contribution in [0.25, 0.3) is 0 Å². The van der Waals surface area contributed by atoms with E-state index < -0.39 is 0 Å². The molecular weight excluding hydrogens is 288 g/mol. The van der Waals surface area contributed by atoms with Crippen LogP contribution in [-0.2, 0) is 12.8 Å². The van der Waals surface area contributed by atoms with Crippen molar-refractivity contribution in [3.63, 3.8) is 0 Å². The highest BCUT2D eigenvalue weighted by Gasteiger charge is 2.17. The molecule has 1 atom stereocenters. The number of nitrogens with two attached hydrogens (primary N) is 1. The molecule has 23 heavy (non-hydrogen) atoms. The van der Waals surface area contributed by atoms with E-state index in [0.29, 0.717) is 0 Å². The highest BCUT2D eigenvalue weighted by Crippen LogP contribution is 2.25. The van der Waals surface area contributed by atoms with Gasteiger partial charge in [-0.05, 0) is 61.8 Å². The number of aryl methyl sites for hydroxylation is 2. The van der Waals surface area contributed by atoms with Gasteiger partial charge >= 0.3 is 0 Å². The molecule has 4 rings (SSSR count). The van der Waals surface area contributed by atoms with Gasteiger partial charge in [0.1, 0.15) is 5.71 Å². The Morgan fingerprint density at radius 1 is 1.00 bits per heavy atom. The molecule has 0 bridgehead atoms. The molecule has 5 nitrogen and oxygen atoms in total. The Kier molecular flexibility index (Phi) is 4.98. The summed E-state index contributed by atoms with van der Waals surface area (Å²) in [6.07, 6.45) is 9.93. The van der Waals surface area contributed by atoms with Crippen LogP contribution >= 0.6 is 0 Å². The van der Waals surface area contributed by atoms with Crippen LogP contribution < -0.4 is 5.73 Å². The van der Waals surface area contributed by atoms with Gasteiger partial charge in [0.2, 0.25) is 0 Å². The summed E-state index contributed by atoms with van der Waals surface area (Å²) in [6, 6.07) is 8.24. The van der Waals surface area contributed by atoms with Crippen LogP contribution in [0.3, 0.4) is 0 Å². The summed E-state index contributed by atoms with van der Waals surface area (Å²) in [4.78, 5) is 8.46. The van der Waals surface area contributed by atoms with Crippen molar-refractivity contribution < 1.29 is 5.21 Å². The van der Waals surface area contributed by atoms with Gasteiger partial charge in [-0.1, -0.05) is 17.3 Å². The number of nitrogens with zero attached hydrogens (tertiary/aromatic N) is 3. The molecule has 2 aromatic heterocycles. The van der Waals surface area contributed by atoms with Crippen LogP contribution in [0.1, 0.15) is 54.2 Å². The summed E-state index contributed by atoms with van der Waals surface area (Å²) in [6.45, 7) is 0. The number of fused-ring (bicyclic) bond motifs is 2. The predicted molar refractivity (Wildman–Crippen MR) is 89.6 cm³/mol. The molecule has 0 aromatic carbocycles. The third kappa shape index (κ3) is 3.56. The second-order valence-electron chi connectivity index (χ2n) is 5.96. The van der Waals surface area contributed by atoms with E-state index >= 15 is 0 Å². The second kappa shape index (κ2) is 7.33. The van der Waals surface area contributed by atoms with Gasteiger partial charge in [0.25, 0.3) is 0 Å². The summed E-state index contributed by atoms with van der Waals surface area (Å²) < 4.78 is 0. The largest absolute Gasteiger partial charge is 0.411 e. The normalized spacial score (nSPS) is 20.9. The number of hydrogen-bond acceptors (Lipinski definition) is 5. The molecule has 1 unspecified atom stereocenters. The van der Waals surface area contributed by atoms with Crippen molar-refractivity contribution in [3.05, 3.63) is 59.2 Å². The molecule has 0 amide bonds. The molecule has 0 spiro atoms. The van der Waals surface area contributed by atoms with Crippen molar-refractivity contribution >= 4 is 5.71 Å². The van der Waals surface area contributed by atoms with Gasteiger partial charge < -0.3 is 10.9 Å². The van der Waals surface area contributed by atoms with Crippen LogP contribution in [0.15, 0.2) is 41.8 Å². The first kappa shape index (κ1) is 15.6. The Bertz CT molecular complexity index is 699. The first-order valence-corrected chi connectivity index (χ1v) is 8.14. The molecule has 2 aromatic rings. The van der Waals surface area contributed by atoms with Gasteiger partial charge in [0.15, 0.2) is 0 Å². The van der Waals surface area contributed by atoms with E-state index in [0.717, 1.165) is 49.2 Å². The van der Waals surface area contributed by atoms with E-state index in [2.05, 4.69) is 21.2 Å². The zero-order chi connectivity index (χ0) is 16.1. The lowest BCUT2D eigenvalue weighted by molar-refractivity contribution is 0.317. The zero-order valence-corrected chi connectivity index (χ0v) is 13.2. The molecular formula is C18H22N4O. The average Bonchev–Trinajstić information content (AvgIpc) is 2.62. The highest BCUT2D eigenvalue weighted by molar-refractivity contribution is 6.00. The van der Waals surface area contributed by atoms with E-state index in [1.165, 1.54) is 17.5 Å². The number of hydrogen-bond donors (Lipinski definition) is 2. The van der Waals surface area contributed by atoms with E-state index in [9.17, 15) is 0 Å². The zero-order valence-electron chi connectivity index (χ0n) is 13.2. The second-order valence-corrected chi connectivity index (χ2v) is 5.96.